The highest BCUT2D eigenvalue weighted by atomic mass is 35.5. The van der Waals surface area contributed by atoms with Gasteiger partial charge in [0.15, 0.2) is 0 Å². The van der Waals surface area contributed by atoms with E-state index in [1.165, 1.54) is 42.3 Å². The molecule has 0 aromatic heterocycles. The van der Waals surface area contributed by atoms with Gasteiger partial charge >= 0.3 is 0 Å². The number of carbonyl (C=O) groups is 2. The summed E-state index contributed by atoms with van der Waals surface area (Å²) in [6.07, 6.45) is 0.344. The van der Waals surface area contributed by atoms with Crippen LogP contribution in [-0.2, 0) is 26.2 Å². The van der Waals surface area contributed by atoms with Crippen LogP contribution in [0.5, 0.6) is 0 Å². The number of sulfonamides is 1. The summed E-state index contributed by atoms with van der Waals surface area (Å²) in [5.74, 6) is -0.881. The lowest BCUT2D eigenvalue weighted by molar-refractivity contribution is -0.140. The van der Waals surface area contributed by atoms with Crippen molar-refractivity contribution in [1.82, 2.24) is 10.2 Å². The molecule has 3 aromatic rings. The predicted molar refractivity (Wildman–Crippen MR) is 143 cm³/mol. The van der Waals surface area contributed by atoms with E-state index < -0.39 is 28.5 Å². The fourth-order valence-corrected chi connectivity index (χ4v) is 5.47. The first kappa shape index (κ1) is 27.5. The van der Waals surface area contributed by atoms with E-state index >= 15 is 0 Å². The van der Waals surface area contributed by atoms with Crippen LogP contribution in [-0.4, -0.2) is 44.8 Å². The van der Waals surface area contributed by atoms with Crippen LogP contribution >= 0.6 is 23.2 Å². The molecule has 0 saturated heterocycles. The molecule has 1 atom stereocenters. The zero-order valence-corrected chi connectivity index (χ0v) is 22.2. The maximum atomic E-state index is 13.8. The summed E-state index contributed by atoms with van der Waals surface area (Å²) < 4.78 is 28.3. The summed E-state index contributed by atoms with van der Waals surface area (Å²) in [7, 11) is -2.66. The van der Waals surface area contributed by atoms with Crippen LogP contribution in [0.1, 0.15) is 18.9 Å². The van der Waals surface area contributed by atoms with E-state index in [4.69, 9.17) is 23.2 Å². The number of amides is 2. The van der Waals surface area contributed by atoms with Crippen molar-refractivity contribution in [3.63, 3.8) is 0 Å². The number of likely N-dealkylation sites (N-methyl/N-ethyl adjacent to an activating group) is 1. The largest absolute Gasteiger partial charge is 0.357 e. The van der Waals surface area contributed by atoms with Gasteiger partial charge in [-0.1, -0.05) is 78.7 Å². The van der Waals surface area contributed by atoms with Gasteiger partial charge in [-0.2, -0.15) is 0 Å². The number of halogens is 2. The van der Waals surface area contributed by atoms with Gasteiger partial charge in [0.2, 0.25) is 11.8 Å². The average molecular weight is 548 g/mol. The minimum atomic E-state index is -4.16. The third-order valence-electron chi connectivity index (χ3n) is 5.63. The molecule has 0 saturated carbocycles. The van der Waals surface area contributed by atoms with Crippen LogP contribution in [0.25, 0.3) is 0 Å². The molecule has 190 valence electrons. The number of anilines is 1. The second-order valence-corrected chi connectivity index (χ2v) is 10.6. The monoisotopic (exact) mass is 547 g/mol. The van der Waals surface area contributed by atoms with Gasteiger partial charge in [-0.25, -0.2) is 8.42 Å². The molecule has 3 rings (SSSR count). The van der Waals surface area contributed by atoms with Crippen molar-refractivity contribution in [2.75, 3.05) is 17.9 Å². The van der Waals surface area contributed by atoms with Gasteiger partial charge in [-0.15, -0.1) is 0 Å². The van der Waals surface area contributed by atoms with Crippen LogP contribution in [0, 0.1) is 0 Å². The second-order valence-electron chi connectivity index (χ2n) is 7.97. The Bertz CT molecular complexity index is 1310. The van der Waals surface area contributed by atoms with E-state index in [1.807, 2.05) is 30.3 Å². The molecule has 36 heavy (non-hydrogen) atoms. The zero-order valence-electron chi connectivity index (χ0n) is 19.9. The Morgan fingerprint density at radius 2 is 1.53 bits per heavy atom. The minimum absolute atomic E-state index is 0.0109. The van der Waals surface area contributed by atoms with E-state index in [9.17, 15) is 18.0 Å². The summed E-state index contributed by atoms with van der Waals surface area (Å²) in [6.45, 7) is 1.38. The topological polar surface area (TPSA) is 86.8 Å². The van der Waals surface area contributed by atoms with Crippen molar-refractivity contribution >= 4 is 50.7 Å². The molecule has 0 spiro atoms. The normalized spacial score (nSPS) is 12.0. The number of hydrogen-bond acceptors (Lipinski definition) is 4. The number of benzene rings is 3. The molecule has 0 aliphatic rings. The van der Waals surface area contributed by atoms with Crippen molar-refractivity contribution in [2.45, 2.75) is 30.8 Å². The summed E-state index contributed by atoms with van der Waals surface area (Å²) in [4.78, 5) is 27.8. The Balaban J connectivity index is 2.06. The smallest absolute Gasteiger partial charge is 0.264 e. The molecule has 0 aliphatic carbocycles. The van der Waals surface area contributed by atoms with E-state index in [2.05, 4.69) is 5.32 Å². The third-order valence-corrected chi connectivity index (χ3v) is 8.16. The fraction of sp³-hybridized carbons (Fsp3) is 0.231. The Hall–Kier alpha value is -3.07. The van der Waals surface area contributed by atoms with Crippen molar-refractivity contribution in [2.24, 2.45) is 0 Å². The number of carbonyl (C=O) groups excluding carboxylic acids is 2. The van der Waals surface area contributed by atoms with Crippen LogP contribution < -0.4 is 9.62 Å². The van der Waals surface area contributed by atoms with E-state index in [-0.39, 0.29) is 33.1 Å². The van der Waals surface area contributed by atoms with Crippen molar-refractivity contribution in [3.8, 4) is 0 Å². The Morgan fingerprint density at radius 1 is 0.917 bits per heavy atom. The Kier molecular flexibility index (Phi) is 9.37. The molecule has 0 radical (unpaired) electrons. The Labute approximate surface area is 221 Å². The quantitative estimate of drug-likeness (QED) is 0.397. The van der Waals surface area contributed by atoms with Gasteiger partial charge in [0.25, 0.3) is 10.0 Å². The fourth-order valence-electron chi connectivity index (χ4n) is 3.75. The van der Waals surface area contributed by atoms with E-state index in [0.29, 0.717) is 6.42 Å². The molecule has 0 unspecified atom stereocenters. The van der Waals surface area contributed by atoms with Gasteiger partial charge in [0, 0.05) is 13.6 Å². The lowest BCUT2D eigenvalue weighted by Crippen LogP contribution is -2.51. The third kappa shape index (κ3) is 6.37. The van der Waals surface area contributed by atoms with Crippen molar-refractivity contribution in [3.05, 3.63) is 94.5 Å². The highest BCUT2D eigenvalue weighted by Gasteiger charge is 2.33. The van der Waals surface area contributed by atoms with Crippen molar-refractivity contribution in [1.29, 1.82) is 0 Å². The van der Waals surface area contributed by atoms with Crippen LogP contribution in [0.4, 0.5) is 5.69 Å². The summed E-state index contributed by atoms with van der Waals surface area (Å²) >= 11 is 12.2. The van der Waals surface area contributed by atoms with Gasteiger partial charge in [-0.05, 0) is 42.3 Å². The number of hydrogen-bond donors (Lipinski definition) is 1. The predicted octanol–water partition coefficient (Wildman–Crippen LogP) is 4.74. The molecule has 2 amide bonds. The van der Waals surface area contributed by atoms with Gasteiger partial charge in [0.1, 0.15) is 12.6 Å². The minimum Gasteiger partial charge on any atom is -0.357 e. The van der Waals surface area contributed by atoms with Crippen LogP contribution in [0.3, 0.4) is 0 Å². The summed E-state index contributed by atoms with van der Waals surface area (Å²) in [5, 5.41) is 2.99. The standard InChI is InChI=1S/C26H27Cl2N3O4S/c1-3-24(26(33)29-2)30(17-19-10-6-4-7-11-19)25(32)18-31(20-14-15-22(27)23(28)16-20)36(34,35)21-12-8-5-9-13-21/h4-16,24H,3,17-18H2,1-2H3,(H,29,33)/t24-/m0/s1. The molecule has 0 bridgehead atoms. The lowest BCUT2D eigenvalue weighted by Gasteiger charge is -2.33. The number of rotatable bonds is 10. The van der Waals surface area contributed by atoms with Gasteiger partial charge < -0.3 is 10.2 Å². The average Bonchev–Trinajstić information content (AvgIpc) is 2.89. The van der Waals surface area contributed by atoms with Crippen molar-refractivity contribution < 1.29 is 18.0 Å². The SMILES string of the molecule is CC[C@@H](C(=O)NC)N(Cc1ccccc1)C(=O)CN(c1ccc(Cl)c(Cl)c1)S(=O)(=O)c1ccccc1. The van der Waals surface area contributed by atoms with Crippen LogP contribution in [0.15, 0.2) is 83.8 Å². The molecule has 7 nitrogen and oxygen atoms in total. The van der Waals surface area contributed by atoms with Gasteiger partial charge in [0.05, 0.1) is 20.6 Å². The number of nitrogens with zero attached hydrogens (tertiary/aromatic N) is 2. The lowest BCUT2D eigenvalue weighted by atomic mass is 10.1. The maximum absolute atomic E-state index is 13.8. The van der Waals surface area contributed by atoms with Gasteiger partial charge in [-0.3, -0.25) is 13.9 Å². The summed E-state index contributed by atoms with van der Waals surface area (Å²) in [6, 6.07) is 20.6. The molecule has 3 aromatic carbocycles. The molecular weight excluding hydrogens is 521 g/mol. The highest BCUT2D eigenvalue weighted by molar-refractivity contribution is 7.92. The Morgan fingerprint density at radius 3 is 2.08 bits per heavy atom. The first-order chi connectivity index (χ1) is 17.2. The maximum Gasteiger partial charge on any atom is 0.264 e. The van der Waals surface area contributed by atoms with E-state index in [0.717, 1.165) is 9.87 Å². The molecule has 1 N–H and O–H groups in total. The molecule has 0 fully saturated rings. The first-order valence-electron chi connectivity index (χ1n) is 11.3. The molecular formula is C26H27Cl2N3O4S. The van der Waals surface area contributed by atoms with E-state index in [1.54, 1.807) is 25.1 Å². The zero-order chi connectivity index (χ0) is 26.3. The number of nitrogens with one attached hydrogen (secondary N) is 1. The molecule has 10 heteroatoms. The highest BCUT2D eigenvalue weighted by Crippen LogP contribution is 2.31. The summed E-state index contributed by atoms with van der Waals surface area (Å²) in [5.41, 5.74) is 0.981. The van der Waals surface area contributed by atoms with Crippen LogP contribution in [0.2, 0.25) is 10.0 Å². The first-order valence-corrected chi connectivity index (χ1v) is 13.5. The second kappa shape index (κ2) is 12.3. The molecule has 0 heterocycles. The molecule has 0 aliphatic heterocycles.